The molecule has 16 nitrogen and oxygen atoms in total. The van der Waals surface area contributed by atoms with Gasteiger partial charge in [0.05, 0.1) is 92.2 Å². The van der Waals surface area contributed by atoms with E-state index < -0.39 is 222 Å². The molecule has 3 saturated heterocycles. The van der Waals surface area contributed by atoms with E-state index in [1.165, 1.54) is 53.6 Å². The van der Waals surface area contributed by atoms with Crippen molar-refractivity contribution in [2.24, 2.45) is 71.0 Å². The number of methoxy groups -OCH3 is 6. The Hall–Kier alpha value is -8.70. The molecule has 4 bridgehead atoms. The number of carbonyl (C=O) groups is 6. The number of hydrogen-bond donors (Lipinski definition) is 0. The molecule has 0 aromatic heterocycles. The lowest BCUT2D eigenvalue weighted by atomic mass is 9.81. The van der Waals surface area contributed by atoms with Crippen molar-refractivity contribution in [3.8, 4) is 0 Å². The largest absolute Gasteiger partial charge is 0.502 e. The number of carbonyl (C=O) groups excluding carboxylic acids is 6. The summed E-state index contributed by atoms with van der Waals surface area (Å²) in [5.41, 5.74) is 1.62. The zero-order valence-corrected chi connectivity index (χ0v) is 61.3. The van der Waals surface area contributed by atoms with Crippen molar-refractivity contribution in [1.82, 2.24) is 0 Å². The predicted molar refractivity (Wildman–Crippen MR) is 349 cm³/mol. The zero-order chi connectivity index (χ0) is 87.9. The summed E-state index contributed by atoms with van der Waals surface area (Å²) < 4.78 is 402. The molecular weight excluding hydrogens is 1640 g/mol. The molecule has 0 spiro atoms. The molecule has 0 radical (unpaired) electrons. The smallest absolute Gasteiger partial charge is 0.460 e. The molecule has 4 heterocycles. The van der Waals surface area contributed by atoms with Crippen molar-refractivity contribution in [2.75, 3.05) is 49.3 Å². The molecule has 648 valence electrons. The summed E-state index contributed by atoms with van der Waals surface area (Å²) in [6.45, 7) is 4.96. The van der Waals surface area contributed by atoms with Crippen LogP contribution in [0.2, 0.25) is 0 Å². The van der Waals surface area contributed by atoms with Crippen molar-refractivity contribution in [1.29, 1.82) is 0 Å². The van der Waals surface area contributed by atoms with E-state index in [1.807, 2.05) is 36.4 Å². The molecule has 3 aliphatic carbocycles. The zero-order valence-electron chi connectivity index (χ0n) is 61.3. The van der Waals surface area contributed by atoms with Crippen LogP contribution in [0.3, 0.4) is 0 Å². The van der Waals surface area contributed by atoms with Crippen LogP contribution in [-0.4, -0.2) is 193 Å². The number of halogens is 26. The van der Waals surface area contributed by atoms with Crippen molar-refractivity contribution in [2.45, 2.75) is 141 Å². The molecule has 0 N–H and O–H groups in total. The molecule has 116 heavy (non-hydrogen) atoms. The molecule has 2 aromatic rings. The van der Waals surface area contributed by atoms with E-state index in [9.17, 15) is 134 Å². The maximum absolute atomic E-state index is 15.4. The number of esters is 6. The van der Waals surface area contributed by atoms with Gasteiger partial charge in [0.25, 0.3) is 0 Å². The van der Waals surface area contributed by atoms with E-state index in [0.29, 0.717) is 17.9 Å². The van der Waals surface area contributed by atoms with Gasteiger partial charge in [0.15, 0.2) is 0 Å². The first kappa shape index (κ1) is 96.1. The normalized spacial score (nSPS) is 28.4. The molecule has 18 atom stereocenters. The highest BCUT2D eigenvalue weighted by Crippen LogP contribution is 2.66. The second kappa shape index (κ2) is 36.7. The molecule has 9 rings (SSSR count). The van der Waals surface area contributed by atoms with Crippen molar-refractivity contribution in [3.63, 3.8) is 0 Å². The summed E-state index contributed by atoms with van der Waals surface area (Å²) >= 11 is 0. The summed E-state index contributed by atoms with van der Waals surface area (Å²) in [5.74, 6) is -94.2. The third-order valence-corrected chi connectivity index (χ3v) is 20.3. The molecule has 4 aliphatic heterocycles. The van der Waals surface area contributed by atoms with Gasteiger partial charge >= 0.3 is 107 Å². The van der Waals surface area contributed by atoms with Gasteiger partial charge in [-0.3, -0.25) is 28.8 Å². The molecule has 42 heteroatoms. The first-order chi connectivity index (χ1) is 53.6. The number of ether oxygens (including phenoxy) is 10. The van der Waals surface area contributed by atoms with E-state index in [2.05, 4.69) is 16.1 Å². The van der Waals surface area contributed by atoms with Crippen molar-refractivity contribution < 1.29 is 190 Å². The standard InChI is InChI=1S/C33H33F13O6.C18H20O5.C13H9F13.C10H12O5/c1-4-51-15-14-20-16-19(17-21(20)28(34,35)29(36,37)30(38,39)31(40,41)32(42,43)33(44,45)46)11-13-23-25(27(48)50-3)24(26(47)49-2)22(52-23)12-10-18-8-6-5-7-9-18;1-4-13-15(17(19)21-2)16(18(20)22-3)14(23-13)11-10-12-8-6-5-7-9-12;14-8(15,7-4-5-1-2-6(7)3-5)9(16,17)10(18,19)11(20,21)12(22,23)13(24,25)26;1-13-9(11)7-5-3-4-6(15-5)8(7)10(12)14-2/h5-15,19-25H,4,16-17H2,1-3H3;4-11,13-16H,1H2,2-3H3;1-2,5-7H,3-4H2;3-8H,1-2H3/b12-10-,13-11+,15-14-;11-10-;;. The quantitative estimate of drug-likeness (QED) is 0.0283. The highest BCUT2D eigenvalue weighted by atomic mass is 19.4. The Morgan fingerprint density at radius 3 is 1.06 bits per heavy atom. The highest BCUT2D eigenvalue weighted by Gasteiger charge is 2.93. The van der Waals surface area contributed by atoms with Gasteiger partial charge < -0.3 is 47.4 Å². The van der Waals surface area contributed by atoms with Crippen LogP contribution in [0.15, 0.2) is 134 Å². The lowest BCUT2D eigenvalue weighted by molar-refractivity contribution is -0.443. The van der Waals surface area contributed by atoms with E-state index in [-0.39, 0.29) is 25.2 Å². The lowest BCUT2D eigenvalue weighted by Gasteiger charge is -2.42. The van der Waals surface area contributed by atoms with Crippen LogP contribution in [-0.2, 0) is 76.1 Å². The van der Waals surface area contributed by atoms with Crippen LogP contribution in [0.4, 0.5) is 114 Å². The second-order valence-corrected chi connectivity index (χ2v) is 27.0. The molecule has 5 fully saturated rings. The fourth-order valence-electron chi connectivity index (χ4n) is 14.2. The van der Waals surface area contributed by atoms with Crippen molar-refractivity contribution >= 4 is 48.0 Å². The lowest BCUT2D eigenvalue weighted by Crippen LogP contribution is -2.71. The maximum Gasteiger partial charge on any atom is 0.460 e. The molecule has 18 unspecified atom stereocenters. The predicted octanol–water partition coefficient (Wildman–Crippen LogP) is 16.6. The van der Waals surface area contributed by atoms with E-state index in [1.54, 1.807) is 54.6 Å². The van der Waals surface area contributed by atoms with Crippen LogP contribution in [0, 0.1) is 71.0 Å². The summed E-state index contributed by atoms with van der Waals surface area (Å²) in [6, 6.07) is 18.1. The van der Waals surface area contributed by atoms with Crippen LogP contribution < -0.4 is 0 Å². The summed E-state index contributed by atoms with van der Waals surface area (Å²) in [6.07, 6.45) is -4.74. The summed E-state index contributed by atoms with van der Waals surface area (Å²) in [5, 5.41) is 0. The van der Waals surface area contributed by atoms with Crippen LogP contribution >= 0.6 is 0 Å². The Labute approximate surface area is 643 Å². The average molecular weight is 1710 g/mol. The van der Waals surface area contributed by atoms with Gasteiger partial charge in [-0.05, 0) is 73.5 Å². The minimum atomic E-state index is -8.02. The number of hydrogen-bond acceptors (Lipinski definition) is 16. The van der Waals surface area contributed by atoms with Gasteiger partial charge in [-0.25, -0.2) is 0 Å². The van der Waals surface area contributed by atoms with Crippen LogP contribution in [0.1, 0.15) is 43.7 Å². The Morgan fingerprint density at radius 1 is 0.379 bits per heavy atom. The van der Waals surface area contributed by atoms with Gasteiger partial charge in [0.1, 0.15) is 35.5 Å². The number of alkyl halides is 26. The van der Waals surface area contributed by atoms with Gasteiger partial charge in [-0.1, -0.05) is 127 Å². The molecule has 0 amide bonds. The topological polar surface area (TPSA) is 195 Å². The molecule has 2 aromatic carbocycles. The van der Waals surface area contributed by atoms with E-state index in [4.69, 9.17) is 37.9 Å². The average Bonchev–Trinajstić information content (AvgIpc) is 0.942. The first-order valence-electron chi connectivity index (χ1n) is 34.3. The molecular formula is C74H74F26O16. The Kier molecular flexibility index (Phi) is 30.4. The molecule has 7 aliphatic rings. The number of benzene rings is 2. The van der Waals surface area contributed by atoms with Gasteiger partial charge in [0, 0.05) is 11.8 Å². The number of fused-ring (bicyclic) bond motifs is 4. The fraction of sp³-hybridized carbons (Fsp3) is 0.568. The number of rotatable bonds is 26. The summed E-state index contributed by atoms with van der Waals surface area (Å²) in [4.78, 5) is 72.8. The Bertz CT molecular complexity index is 3890. The Balaban J connectivity index is 0.000000270. The minimum absolute atomic E-state index is 0.115. The highest BCUT2D eigenvalue weighted by molar-refractivity contribution is 5.86. The summed E-state index contributed by atoms with van der Waals surface area (Å²) in [7, 11) is 7.16. The fourth-order valence-corrected chi connectivity index (χ4v) is 14.2. The number of allylic oxidation sites excluding steroid dienone is 4. The minimum Gasteiger partial charge on any atom is -0.502 e. The maximum atomic E-state index is 15.4. The Morgan fingerprint density at radius 2 is 0.724 bits per heavy atom. The van der Waals surface area contributed by atoms with Gasteiger partial charge in [0.2, 0.25) is 0 Å². The second-order valence-electron chi connectivity index (χ2n) is 27.0. The van der Waals surface area contributed by atoms with Gasteiger partial charge in [-0.15, -0.1) is 6.58 Å². The van der Waals surface area contributed by atoms with E-state index in [0.717, 1.165) is 38.0 Å². The molecule has 2 saturated carbocycles. The first-order valence-corrected chi connectivity index (χ1v) is 34.3. The van der Waals surface area contributed by atoms with Crippen LogP contribution in [0.25, 0.3) is 12.2 Å². The third kappa shape index (κ3) is 18.4. The monoisotopic (exact) mass is 1710 g/mol. The van der Waals surface area contributed by atoms with E-state index >= 15 is 8.78 Å². The third-order valence-electron chi connectivity index (χ3n) is 20.3. The van der Waals surface area contributed by atoms with Gasteiger partial charge in [-0.2, -0.15) is 114 Å². The van der Waals surface area contributed by atoms with Crippen molar-refractivity contribution in [3.05, 3.63) is 145 Å². The van der Waals surface area contributed by atoms with Crippen LogP contribution in [0.5, 0.6) is 0 Å². The SMILES string of the molecule is C=CC1OC(/C=C\c2ccccc2)C(C(=O)OC)C1C(=O)OC.CCO/C=C\C1CC(/C=C/C2OC(/C=C\c3ccccc3)C(C(=O)OC)C2C(=O)OC)CC1C(F)(F)C(F)(F)C(F)(F)C(F)(F)C(F)(F)C(F)(F)F.COC(=O)C1C2C=CC(O2)C1C(=O)OC.FC(F)(F)C(F)(F)C(F)(F)C(F)(F)C(F)(F)C(F)(F)C1CC2C=CC1C2.